The first-order valence-electron chi connectivity index (χ1n) is 8.52. The fraction of sp³-hybridized carbons (Fsp3) is 0.200. The Morgan fingerprint density at radius 3 is 2.67 bits per heavy atom. The van der Waals surface area contributed by atoms with Gasteiger partial charge in [0, 0.05) is 30.7 Å². The fourth-order valence-corrected chi connectivity index (χ4v) is 3.33. The van der Waals surface area contributed by atoms with Crippen LogP contribution in [0.5, 0.6) is 0 Å². The molecule has 0 radical (unpaired) electrons. The summed E-state index contributed by atoms with van der Waals surface area (Å²) in [5.41, 5.74) is 8.64. The highest BCUT2D eigenvalue weighted by Crippen LogP contribution is 2.22. The number of hydrogen-bond donors (Lipinski definition) is 3. The fourth-order valence-electron chi connectivity index (χ4n) is 3.33. The number of hydrogen-bond acceptors (Lipinski definition) is 5. The van der Waals surface area contributed by atoms with Gasteiger partial charge in [-0.05, 0) is 40.5 Å². The molecule has 0 unspecified atom stereocenters. The van der Waals surface area contributed by atoms with E-state index in [2.05, 4.69) is 4.98 Å². The van der Waals surface area contributed by atoms with E-state index in [1.54, 1.807) is 31.5 Å². The summed E-state index contributed by atoms with van der Waals surface area (Å²) in [4.78, 5) is 17.0. The van der Waals surface area contributed by atoms with Crippen molar-refractivity contribution in [2.24, 2.45) is 5.73 Å². The Bertz CT molecular complexity index is 949. The second-order valence-electron chi connectivity index (χ2n) is 6.42. The van der Waals surface area contributed by atoms with Crippen LogP contribution in [0.2, 0.25) is 0 Å². The number of Topliss-reactive ketones (excluding diaryl/α,β-unsaturated/α-hetero) is 1. The van der Waals surface area contributed by atoms with E-state index in [0.29, 0.717) is 11.0 Å². The average Bonchev–Trinajstić information content (AvgIpc) is 2.63. The normalized spacial score (nSPS) is 11.7. The summed E-state index contributed by atoms with van der Waals surface area (Å²) in [6.07, 6.45) is 3.79. The maximum absolute atomic E-state index is 12.9. The van der Waals surface area contributed by atoms with Crippen molar-refractivity contribution in [3.63, 3.8) is 0 Å². The van der Waals surface area contributed by atoms with Gasteiger partial charge in [-0.2, -0.15) is 13.5 Å². The predicted octanol–water partition coefficient (Wildman–Crippen LogP) is 1.19. The van der Waals surface area contributed by atoms with E-state index in [1.807, 2.05) is 30.3 Å². The summed E-state index contributed by atoms with van der Waals surface area (Å²) in [5.74, 6) is -0.476. The Morgan fingerprint density at radius 1 is 1.19 bits per heavy atom. The maximum atomic E-state index is 12.9. The SMILES string of the molecule is Cc1c(B(O)O)cccc1[C@@H](CN)C(=O)Cc1ccc2cnccc2c1.S. The average molecular weight is 382 g/mol. The zero-order valence-corrected chi connectivity index (χ0v) is 16.1. The Kier molecular flexibility index (Phi) is 7.15. The molecule has 5 nitrogen and oxygen atoms in total. The standard InChI is InChI=1S/C20H21BN2O3.H2S/c1-13-17(3-2-4-19(13)21(25)26)18(11-22)20(24)10-14-5-6-16-12-23-8-7-15(16)9-14;/h2-9,12,18,25-26H,10-11,22H2,1H3;1H2/t18-;/m1./s1. The lowest BCUT2D eigenvalue weighted by atomic mass is 9.74. The molecule has 0 spiro atoms. The summed E-state index contributed by atoms with van der Waals surface area (Å²) in [6.45, 7) is 1.95. The van der Waals surface area contributed by atoms with E-state index in [1.165, 1.54) is 0 Å². The topological polar surface area (TPSA) is 96.4 Å². The number of rotatable bonds is 6. The van der Waals surface area contributed by atoms with Crippen LogP contribution in [-0.2, 0) is 11.2 Å². The molecule has 0 bridgehead atoms. The van der Waals surface area contributed by atoms with E-state index >= 15 is 0 Å². The molecule has 1 atom stereocenters. The van der Waals surface area contributed by atoms with Crippen molar-refractivity contribution in [1.29, 1.82) is 0 Å². The molecule has 0 aliphatic carbocycles. The number of fused-ring (bicyclic) bond motifs is 1. The molecule has 0 aliphatic heterocycles. The minimum absolute atomic E-state index is 0. The van der Waals surface area contributed by atoms with Crippen molar-refractivity contribution in [1.82, 2.24) is 4.98 Å². The Morgan fingerprint density at radius 2 is 1.96 bits per heavy atom. The number of carbonyl (C=O) groups is 1. The van der Waals surface area contributed by atoms with Gasteiger partial charge < -0.3 is 15.8 Å². The number of aromatic nitrogens is 1. The smallest absolute Gasteiger partial charge is 0.423 e. The molecule has 0 saturated carbocycles. The third-order valence-corrected chi connectivity index (χ3v) is 4.78. The first-order chi connectivity index (χ1) is 12.5. The molecule has 0 aliphatic rings. The Balaban J connectivity index is 0.00000261. The highest BCUT2D eigenvalue weighted by molar-refractivity contribution is 7.59. The van der Waals surface area contributed by atoms with E-state index in [0.717, 1.165) is 21.9 Å². The molecule has 1 aromatic heterocycles. The molecule has 7 heteroatoms. The lowest BCUT2D eigenvalue weighted by Crippen LogP contribution is -2.34. The van der Waals surface area contributed by atoms with E-state index < -0.39 is 13.0 Å². The number of ketones is 1. The van der Waals surface area contributed by atoms with Gasteiger partial charge in [-0.25, -0.2) is 0 Å². The Labute approximate surface area is 165 Å². The minimum atomic E-state index is -1.57. The number of nitrogens with two attached hydrogens (primary N) is 1. The van der Waals surface area contributed by atoms with Crippen molar-refractivity contribution in [3.05, 3.63) is 71.5 Å². The van der Waals surface area contributed by atoms with Crippen molar-refractivity contribution in [2.75, 3.05) is 6.54 Å². The summed E-state index contributed by atoms with van der Waals surface area (Å²) in [7, 11) is -1.57. The van der Waals surface area contributed by atoms with Gasteiger partial charge in [0.25, 0.3) is 0 Å². The predicted molar refractivity (Wildman–Crippen MR) is 114 cm³/mol. The summed E-state index contributed by atoms with van der Waals surface area (Å²) in [5, 5.41) is 21.0. The summed E-state index contributed by atoms with van der Waals surface area (Å²) < 4.78 is 0. The van der Waals surface area contributed by atoms with Crippen LogP contribution in [0.3, 0.4) is 0 Å². The molecular weight excluding hydrogens is 359 g/mol. The molecule has 3 aromatic rings. The number of benzene rings is 2. The molecule has 27 heavy (non-hydrogen) atoms. The van der Waals surface area contributed by atoms with Crippen molar-refractivity contribution in [3.8, 4) is 0 Å². The van der Waals surface area contributed by atoms with Gasteiger partial charge in [0.05, 0.1) is 5.92 Å². The first kappa shape index (κ1) is 21.1. The largest absolute Gasteiger partial charge is 0.488 e. The van der Waals surface area contributed by atoms with Crippen LogP contribution in [0.15, 0.2) is 54.9 Å². The van der Waals surface area contributed by atoms with Crippen LogP contribution in [0.4, 0.5) is 0 Å². The first-order valence-corrected chi connectivity index (χ1v) is 8.52. The molecule has 140 valence electrons. The lowest BCUT2D eigenvalue weighted by molar-refractivity contribution is -0.119. The third kappa shape index (κ3) is 4.57. The molecule has 0 fully saturated rings. The van der Waals surface area contributed by atoms with Gasteiger partial charge in [0.2, 0.25) is 0 Å². The number of carbonyl (C=O) groups excluding carboxylic acids is 1. The van der Waals surface area contributed by atoms with Gasteiger partial charge in [-0.1, -0.05) is 36.4 Å². The summed E-state index contributed by atoms with van der Waals surface area (Å²) in [6, 6.07) is 13.0. The zero-order chi connectivity index (χ0) is 18.7. The van der Waals surface area contributed by atoms with Gasteiger partial charge >= 0.3 is 7.12 Å². The van der Waals surface area contributed by atoms with Crippen LogP contribution in [0, 0.1) is 6.92 Å². The van der Waals surface area contributed by atoms with E-state index in [9.17, 15) is 14.8 Å². The van der Waals surface area contributed by atoms with Gasteiger partial charge in [0.15, 0.2) is 0 Å². The molecule has 3 rings (SSSR count). The van der Waals surface area contributed by atoms with Gasteiger partial charge in [0.1, 0.15) is 5.78 Å². The second-order valence-corrected chi connectivity index (χ2v) is 6.42. The molecule has 0 saturated heterocycles. The van der Waals surface area contributed by atoms with Crippen molar-refractivity contribution >= 4 is 42.6 Å². The highest BCUT2D eigenvalue weighted by atomic mass is 32.1. The maximum Gasteiger partial charge on any atom is 0.488 e. The quantitative estimate of drug-likeness (QED) is 0.557. The molecule has 1 heterocycles. The zero-order valence-electron chi connectivity index (χ0n) is 15.1. The van der Waals surface area contributed by atoms with Crippen LogP contribution in [0.25, 0.3) is 10.8 Å². The van der Waals surface area contributed by atoms with Crippen LogP contribution >= 0.6 is 13.5 Å². The van der Waals surface area contributed by atoms with E-state index in [4.69, 9.17) is 5.73 Å². The molecular formula is C20H23BN2O3S. The highest BCUT2D eigenvalue weighted by Gasteiger charge is 2.24. The summed E-state index contributed by atoms with van der Waals surface area (Å²) >= 11 is 0. The lowest BCUT2D eigenvalue weighted by Gasteiger charge is -2.19. The van der Waals surface area contributed by atoms with Crippen molar-refractivity contribution in [2.45, 2.75) is 19.3 Å². The van der Waals surface area contributed by atoms with Crippen LogP contribution in [0.1, 0.15) is 22.6 Å². The molecule has 2 aromatic carbocycles. The van der Waals surface area contributed by atoms with E-state index in [-0.39, 0.29) is 32.2 Å². The minimum Gasteiger partial charge on any atom is -0.423 e. The molecule has 4 N–H and O–H groups in total. The van der Waals surface area contributed by atoms with Crippen LogP contribution < -0.4 is 11.2 Å². The third-order valence-electron chi connectivity index (χ3n) is 4.78. The van der Waals surface area contributed by atoms with Gasteiger partial charge in [-0.15, -0.1) is 0 Å². The van der Waals surface area contributed by atoms with Crippen molar-refractivity contribution < 1.29 is 14.8 Å². The second kappa shape index (κ2) is 9.15. The Hall–Kier alpha value is -2.19. The number of pyridine rings is 1. The number of nitrogens with zero attached hydrogens (tertiary/aromatic N) is 1. The monoisotopic (exact) mass is 382 g/mol. The van der Waals surface area contributed by atoms with Gasteiger partial charge in [-0.3, -0.25) is 9.78 Å². The van der Waals surface area contributed by atoms with Crippen LogP contribution in [-0.4, -0.2) is 34.5 Å². The molecule has 0 amide bonds.